The number of hydrogen-bond acceptors (Lipinski definition) is 3. The second kappa shape index (κ2) is 8.13. The quantitative estimate of drug-likeness (QED) is 0.755. The summed E-state index contributed by atoms with van der Waals surface area (Å²) in [6, 6.07) is 0.774. The lowest BCUT2D eigenvalue weighted by Gasteiger charge is -2.26. The van der Waals surface area contributed by atoms with Crippen LogP contribution in [0.1, 0.15) is 44.9 Å². The maximum atomic E-state index is 3.77. The fraction of sp³-hybridized carbons (Fsp3) is 1.00. The molecule has 2 aliphatic rings. The third kappa shape index (κ3) is 5.25. The van der Waals surface area contributed by atoms with Crippen LogP contribution in [0.15, 0.2) is 0 Å². The molecular weight excluding hydrogens is 222 g/mol. The lowest BCUT2D eigenvalue weighted by Crippen LogP contribution is -2.35. The number of nitrogens with zero attached hydrogens (tertiary/aromatic N) is 2. The largest absolute Gasteiger partial charge is 0.314 e. The Morgan fingerprint density at radius 1 is 0.944 bits per heavy atom. The molecule has 106 valence electrons. The van der Waals surface area contributed by atoms with Gasteiger partial charge in [0.15, 0.2) is 0 Å². The van der Waals surface area contributed by atoms with E-state index in [0.29, 0.717) is 0 Å². The van der Waals surface area contributed by atoms with Gasteiger partial charge in [0.2, 0.25) is 0 Å². The van der Waals surface area contributed by atoms with Crippen molar-refractivity contribution < 1.29 is 0 Å². The number of rotatable bonds is 5. The lowest BCUT2D eigenvalue weighted by molar-refractivity contribution is 0.224. The Labute approximate surface area is 113 Å². The van der Waals surface area contributed by atoms with Crippen molar-refractivity contribution >= 4 is 0 Å². The molecule has 0 spiro atoms. The molecule has 0 radical (unpaired) electrons. The predicted octanol–water partition coefficient (Wildman–Crippen LogP) is 1.94. The highest BCUT2D eigenvalue weighted by molar-refractivity contribution is 4.74. The molecule has 18 heavy (non-hydrogen) atoms. The van der Waals surface area contributed by atoms with Gasteiger partial charge in [-0.05, 0) is 84.8 Å². The molecule has 2 fully saturated rings. The molecule has 2 heterocycles. The summed E-state index contributed by atoms with van der Waals surface area (Å²) in [7, 11) is 2.25. The predicted molar refractivity (Wildman–Crippen MR) is 78.0 cm³/mol. The van der Waals surface area contributed by atoms with Crippen molar-refractivity contribution in [2.75, 3.05) is 46.3 Å². The van der Waals surface area contributed by atoms with Gasteiger partial charge in [0.1, 0.15) is 0 Å². The van der Waals surface area contributed by atoms with E-state index in [9.17, 15) is 0 Å². The van der Waals surface area contributed by atoms with Gasteiger partial charge in [-0.1, -0.05) is 6.42 Å². The molecule has 0 aliphatic carbocycles. The van der Waals surface area contributed by atoms with Crippen LogP contribution in [-0.4, -0.2) is 62.2 Å². The minimum absolute atomic E-state index is 0.774. The minimum atomic E-state index is 0.774. The van der Waals surface area contributed by atoms with Gasteiger partial charge >= 0.3 is 0 Å². The maximum Gasteiger partial charge on any atom is 0.00797 e. The molecule has 2 rings (SSSR count). The zero-order chi connectivity index (χ0) is 12.6. The third-order valence-electron chi connectivity index (χ3n) is 4.48. The molecule has 1 N–H and O–H groups in total. The first kappa shape index (κ1) is 14.3. The third-order valence-corrected chi connectivity index (χ3v) is 4.48. The average Bonchev–Trinajstić information content (AvgIpc) is 2.61. The van der Waals surface area contributed by atoms with Gasteiger partial charge < -0.3 is 15.1 Å². The van der Waals surface area contributed by atoms with Gasteiger partial charge in [-0.15, -0.1) is 0 Å². The summed E-state index contributed by atoms with van der Waals surface area (Å²) in [4.78, 5) is 5.11. The SMILES string of the molecule is CN1CCCC(NCCCN2CCCCC2)CC1. The van der Waals surface area contributed by atoms with Gasteiger partial charge in [-0.2, -0.15) is 0 Å². The molecule has 0 aromatic rings. The number of piperidine rings is 1. The molecule has 0 amide bonds. The molecule has 0 bridgehead atoms. The number of likely N-dealkylation sites (tertiary alicyclic amines) is 2. The molecular formula is C15H31N3. The molecule has 0 saturated carbocycles. The molecule has 2 saturated heterocycles. The second-order valence-corrected chi connectivity index (χ2v) is 6.14. The van der Waals surface area contributed by atoms with Gasteiger partial charge in [0.05, 0.1) is 0 Å². The van der Waals surface area contributed by atoms with Crippen LogP contribution >= 0.6 is 0 Å². The first-order valence-electron chi connectivity index (χ1n) is 7.99. The summed E-state index contributed by atoms with van der Waals surface area (Å²) in [5.41, 5.74) is 0. The summed E-state index contributed by atoms with van der Waals surface area (Å²) in [6.07, 6.45) is 9.68. The number of hydrogen-bond donors (Lipinski definition) is 1. The highest BCUT2D eigenvalue weighted by Gasteiger charge is 2.14. The van der Waals surface area contributed by atoms with Crippen LogP contribution in [0.3, 0.4) is 0 Å². The Kier molecular flexibility index (Phi) is 6.46. The molecule has 0 aromatic carbocycles. The van der Waals surface area contributed by atoms with E-state index < -0.39 is 0 Å². The molecule has 0 aromatic heterocycles. The van der Waals surface area contributed by atoms with E-state index in [1.807, 2.05) is 0 Å². The molecule has 2 aliphatic heterocycles. The van der Waals surface area contributed by atoms with Crippen LogP contribution < -0.4 is 5.32 Å². The van der Waals surface area contributed by atoms with Gasteiger partial charge in [0.25, 0.3) is 0 Å². The molecule has 1 unspecified atom stereocenters. The van der Waals surface area contributed by atoms with Crippen LogP contribution in [-0.2, 0) is 0 Å². The van der Waals surface area contributed by atoms with Crippen LogP contribution in [0, 0.1) is 0 Å². The lowest BCUT2D eigenvalue weighted by atomic mass is 10.1. The van der Waals surface area contributed by atoms with E-state index in [4.69, 9.17) is 0 Å². The summed E-state index contributed by atoms with van der Waals surface area (Å²) in [5.74, 6) is 0. The van der Waals surface area contributed by atoms with Gasteiger partial charge in [-0.3, -0.25) is 0 Å². The molecule has 3 nitrogen and oxygen atoms in total. The first-order chi connectivity index (χ1) is 8.84. The van der Waals surface area contributed by atoms with Crippen LogP contribution in [0.2, 0.25) is 0 Å². The van der Waals surface area contributed by atoms with E-state index >= 15 is 0 Å². The van der Waals surface area contributed by atoms with Crippen molar-refractivity contribution in [1.29, 1.82) is 0 Å². The fourth-order valence-electron chi connectivity index (χ4n) is 3.24. The topological polar surface area (TPSA) is 18.5 Å². The van der Waals surface area contributed by atoms with Gasteiger partial charge in [0, 0.05) is 6.04 Å². The standard InChI is InChI=1S/C15H31N3/c1-17-10-5-7-15(8-14-17)16-9-6-13-18-11-3-2-4-12-18/h15-16H,2-14H2,1H3. The Morgan fingerprint density at radius 2 is 1.78 bits per heavy atom. The van der Waals surface area contributed by atoms with Gasteiger partial charge in [-0.25, -0.2) is 0 Å². The van der Waals surface area contributed by atoms with Crippen LogP contribution in [0.4, 0.5) is 0 Å². The highest BCUT2D eigenvalue weighted by Crippen LogP contribution is 2.10. The first-order valence-corrected chi connectivity index (χ1v) is 7.99. The summed E-state index contributed by atoms with van der Waals surface area (Å²) < 4.78 is 0. The summed E-state index contributed by atoms with van der Waals surface area (Å²) in [5, 5.41) is 3.77. The minimum Gasteiger partial charge on any atom is -0.314 e. The van der Waals surface area contributed by atoms with Crippen molar-refractivity contribution in [1.82, 2.24) is 15.1 Å². The van der Waals surface area contributed by atoms with E-state index in [1.165, 1.54) is 84.2 Å². The Morgan fingerprint density at radius 3 is 2.61 bits per heavy atom. The Hall–Kier alpha value is -0.120. The van der Waals surface area contributed by atoms with Crippen molar-refractivity contribution in [2.24, 2.45) is 0 Å². The van der Waals surface area contributed by atoms with Crippen molar-refractivity contribution in [3.8, 4) is 0 Å². The summed E-state index contributed by atoms with van der Waals surface area (Å²) in [6.45, 7) is 7.75. The van der Waals surface area contributed by atoms with E-state index in [0.717, 1.165) is 6.04 Å². The van der Waals surface area contributed by atoms with Crippen molar-refractivity contribution in [2.45, 2.75) is 51.0 Å². The Balaban J connectivity index is 1.51. The van der Waals surface area contributed by atoms with E-state index in [2.05, 4.69) is 22.2 Å². The average molecular weight is 253 g/mol. The monoisotopic (exact) mass is 253 g/mol. The normalized spacial score (nSPS) is 28.2. The second-order valence-electron chi connectivity index (χ2n) is 6.14. The number of nitrogens with one attached hydrogen (secondary N) is 1. The van der Waals surface area contributed by atoms with E-state index in [-0.39, 0.29) is 0 Å². The zero-order valence-electron chi connectivity index (χ0n) is 12.2. The highest BCUT2D eigenvalue weighted by atomic mass is 15.1. The summed E-state index contributed by atoms with van der Waals surface area (Å²) >= 11 is 0. The molecule has 3 heteroatoms. The van der Waals surface area contributed by atoms with Crippen LogP contribution in [0.25, 0.3) is 0 Å². The maximum absolute atomic E-state index is 3.77. The van der Waals surface area contributed by atoms with Crippen molar-refractivity contribution in [3.63, 3.8) is 0 Å². The zero-order valence-corrected chi connectivity index (χ0v) is 12.2. The van der Waals surface area contributed by atoms with Crippen LogP contribution in [0.5, 0.6) is 0 Å². The van der Waals surface area contributed by atoms with Crippen molar-refractivity contribution in [3.05, 3.63) is 0 Å². The molecule has 1 atom stereocenters. The Bertz CT molecular complexity index is 214. The smallest absolute Gasteiger partial charge is 0.00797 e. The fourth-order valence-corrected chi connectivity index (χ4v) is 3.24. The van der Waals surface area contributed by atoms with E-state index in [1.54, 1.807) is 0 Å².